The van der Waals surface area contributed by atoms with Crippen molar-refractivity contribution in [1.82, 2.24) is 4.90 Å². The predicted molar refractivity (Wildman–Crippen MR) is 64.6 cm³/mol. The number of hydrogen-bond acceptors (Lipinski definition) is 1. The molecule has 0 spiro atoms. The third-order valence-electron chi connectivity index (χ3n) is 2.59. The van der Waals surface area contributed by atoms with Crippen molar-refractivity contribution in [2.24, 2.45) is 5.92 Å². The second kappa shape index (κ2) is 9.01. The van der Waals surface area contributed by atoms with Gasteiger partial charge in [-0.2, -0.15) is 0 Å². The molecule has 13 heavy (non-hydrogen) atoms. The van der Waals surface area contributed by atoms with E-state index in [1.807, 2.05) is 0 Å². The van der Waals surface area contributed by atoms with Crippen molar-refractivity contribution in [3.05, 3.63) is 0 Å². The summed E-state index contributed by atoms with van der Waals surface area (Å²) < 4.78 is 0. The van der Waals surface area contributed by atoms with Crippen LogP contribution in [0, 0.1) is 5.92 Å². The third kappa shape index (κ3) is 6.50. The Bertz CT molecular complexity index is 102. The van der Waals surface area contributed by atoms with E-state index in [2.05, 4.69) is 41.6 Å². The summed E-state index contributed by atoms with van der Waals surface area (Å²) in [4.78, 5) is 2.57. The lowest BCUT2D eigenvalue weighted by Gasteiger charge is -2.24. The van der Waals surface area contributed by atoms with Crippen LogP contribution in [0.3, 0.4) is 0 Å². The van der Waals surface area contributed by atoms with Gasteiger partial charge in [0.2, 0.25) is 0 Å². The van der Waals surface area contributed by atoms with E-state index in [0.717, 1.165) is 11.2 Å². The Morgan fingerprint density at radius 3 is 2.31 bits per heavy atom. The van der Waals surface area contributed by atoms with Crippen LogP contribution in [-0.4, -0.2) is 29.9 Å². The zero-order valence-corrected chi connectivity index (χ0v) is 10.9. The maximum atomic E-state index is 3.58. The van der Waals surface area contributed by atoms with Crippen molar-refractivity contribution >= 4 is 15.9 Å². The van der Waals surface area contributed by atoms with E-state index in [1.165, 1.54) is 38.9 Å². The molecule has 0 aromatic rings. The molecule has 1 atom stereocenters. The minimum absolute atomic E-state index is 0.830. The molecule has 0 saturated carbocycles. The van der Waals surface area contributed by atoms with Crippen molar-refractivity contribution in [2.45, 2.75) is 40.0 Å². The van der Waals surface area contributed by atoms with E-state index in [4.69, 9.17) is 0 Å². The van der Waals surface area contributed by atoms with Crippen LogP contribution in [0.5, 0.6) is 0 Å². The van der Waals surface area contributed by atoms with Crippen LogP contribution in [0.2, 0.25) is 0 Å². The van der Waals surface area contributed by atoms with Gasteiger partial charge in [-0.1, -0.05) is 49.5 Å². The standard InChI is InChI=1S/C11H24BrN/c1-4-7-8-13(6-3)10-11(5-2)9-12/h11H,4-10H2,1-3H3. The Labute approximate surface area is 92.0 Å². The summed E-state index contributed by atoms with van der Waals surface area (Å²) in [6, 6.07) is 0. The number of unbranched alkanes of at least 4 members (excludes halogenated alkanes) is 1. The molecule has 0 aliphatic carbocycles. The van der Waals surface area contributed by atoms with Gasteiger partial charge in [-0.25, -0.2) is 0 Å². The molecule has 0 N–H and O–H groups in total. The SMILES string of the molecule is CCCCN(CC)CC(CC)CBr. The molecule has 0 bridgehead atoms. The lowest BCUT2D eigenvalue weighted by Crippen LogP contribution is -2.30. The fourth-order valence-corrected chi connectivity index (χ4v) is 2.07. The van der Waals surface area contributed by atoms with Gasteiger partial charge in [0.25, 0.3) is 0 Å². The molecule has 1 nitrogen and oxygen atoms in total. The third-order valence-corrected chi connectivity index (χ3v) is 3.50. The summed E-state index contributed by atoms with van der Waals surface area (Å²) >= 11 is 3.58. The van der Waals surface area contributed by atoms with E-state index in [-0.39, 0.29) is 0 Å². The van der Waals surface area contributed by atoms with Gasteiger partial charge in [0.05, 0.1) is 0 Å². The van der Waals surface area contributed by atoms with Crippen molar-refractivity contribution in [1.29, 1.82) is 0 Å². The lowest BCUT2D eigenvalue weighted by molar-refractivity contribution is 0.245. The molecule has 0 radical (unpaired) electrons. The molecule has 2 heteroatoms. The van der Waals surface area contributed by atoms with Crippen LogP contribution in [0.25, 0.3) is 0 Å². The van der Waals surface area contributed by atoms with E-state index < -0.39 is 0 Å². The Balaban J connectivity index is 3.67. The molecule has 80 valence electrons. The van der Waals surface area contributed by atoms with Crippen LogP contribution in [0.4, 0.5) is 0 Å². The van der Waals surface area contributed by atoms with Gasteiger partial charge < -0.3 is 4.90 Å². The highest BCUT2D eigenvalue weighted by Gasteiger charge is 2.09. The first-order chi connectivity index (χ1) is 6.28. The van der Waals surface area contributed by atoms with Crippen LogP contribution in [-0.2, 0) is 0 Å². The second-order valence-corrected chi connectivity index (χ2v) is 4.32. The minimum Gasteiger partial charge on any atom is -0.303 e. The highest BCUT2D eigenvalue weighted by Crippen LogP contribution is 2.09. The minimum atomic E-state index is 0.830. The molecule has 0 heterocycles. The Morgan fingerprint density at radius 1 is 1.23 bits per heavy atom. The normalized spacial score (nSPS) is 13.6. The summed E-state index contributed by atoms with van der Waals surface area (Å²) in [5.74, 6) is 0.830. The first-order valence-electron chi connectivity index (χ1n) is 5.56. The van der Waals surface area contributed by atoms with Crippen LogP contribution >= 0.6 is 15.9 Å². The fourth-order valence-electron chi connectivity index (χ4n) is 1.41. The number of hydrogen-bond donors (Lipinski definition) is 0. The summed E-state index contributed by atoms with van der Waals surface area (Å²) in [6.07, 6.45) is 3.93. The van der Waals surface area contributed by atoms with Gasteiger partial charge in [0.15, 0.2) is 0 Å². The molecule has 0 aliphatic rings. The Hall–Kier alpha value is 0.440. The maximum Gasteiger partial charge on any atom is 0.00717 e. The van der Waals surface area contributed by atoms with Crippen molar-refractivity contribution in [3.8, 4) is 0 Å². The Kier molecular flexibility index (Phi) is 9.32. The molecule has 0 amide bonds. The topological polar surface area (TPSA) is 3.24 Å². The number of alkyl halides is 1. The molecule has 0 saturated heterocycles. The number of nitrogens with zero attached hydrogens (tertiary/aromatic N) is 1. The average molecular weight is 250 g/mol. The average Bonchev–Trinajstić information content (AvgIpc) is 2.19. The maximum absolute atomic E-state index is 3.58. The van der Waals surface area contributed by atoms with Gasteiger partial charge >= 0.3 is 0 Å². The van der Waals surface area contributed by atoms with Crippen LogP contribution in [0.1, 0.15) is 40.0 Å². The molecule has 0 aromatic carbocycles. The van der Waals surface area contributed by atoms with E-state index in [0.29, 0.717) is 0 Å². The second-order valence-electron chi connectivity index (χ2n) is 3.68. The van der Waals surface area contributed by atoms with E-state index in [1.54, 1.807) is 0 Å². The van der Waals surface area contributed by atoms with Gasteiger partial charge in [-0.15, -0.1) is 0 Å². The molecule has 1 unspecified atom stereocenters. The lowest BCUT2D eigenvalue weighted by atomic mass is 10.1. The van der Waals surface area contributed by atoms with Crippen LogP contribution in [0.15, 0.2) is 0 Å². The zero-order chi connectivity index (χ0) is 10.1. The van der Waals surface area contributed by atoms with Gasteiger partial charge in [-0.3, -0.25) is 0 Å². The van der Waals surface area contributed by atoms with Crippen molar-refractivity contribution in [2.75, 3.05) is 25.0 Å². The quantitative estimate of drug-likeness (QED) is 0.596. The number of halogens is 1. The zero-order valence-electron chi connectivity index (χ0n) is 9.35. The number of rotatable bonds is 8. The highest BCUT2D eigenvalue weighted by atomic mass is 79.9. The molecule has 0 aliphatic heterocycles. The molecular weight excluding hydrogens is 226 g/mol. The first-order valence-corrected chi connectivity index (χ1v) is 6.68. The monoisotopic (exact) mass is 249 g/mol. The summed E-state index contributed by atoms with van der Waals surface area (Å²) in [5.41, 5.74) is 0. The van der Waals surface area contributed by atoms with Crippen molar-refractivity contribution < 1.29 is 0 Å². The largest absolute Gasteiger partial charge is 0.303 e. The van der Waals surface area contributed by atoms with Crippen LogP contribution < -0.4 is 0 Å². The van der Waals surface area contributed by atoms with E-state index in [9.17, 15) is 0 Å². The Morgan fingerprint density at radius 2 is 1.92 bits per heavy atom. The van der Waals surface area contributed by atoms with E-state index >= 15 is 0 Å². The van der Waals surface area contributed by atoms with Gasteiger partial charge in [-0.05, 0) is 25.4 Å². The summed E-state index contributed by atoms with van der Waals surface area (Å²) in [6.45, 7) is 10.5. The fraction of sp³-hybridized carbons (Fsp3) is 1.00. The van der Waals surface area contributed by atoms with Gasteiger partial charge in [0, 0.05) is 11.9 Å². The summed E-state index contributed by atoms with van der Waals surface area (Å²) in [7, 11) is 0. The summed E-state index contributed by atoms with van der Waals surface area (Å²) in [5, 5.41) is 1.14. The predicted octanol–water partition coefficient (Wildman–Crippen LogP) is 3.53. The highest BCUT2D eigenvalue weighted by molar-refractivity contribution is 9.09. The molecule has 0 aromatic heterocycles. The van der Waals surface area contributed by atoms with Crippen molar-refractivity contribution in [3.63, 3.8) is 0 Å². The van der Waals surface area contributed by atoms with Gasteiger partial charge in [0.1, 0.15) is 0 Å². The molecular formula is C11H24BrN. The smallest absolute Gasteiger partial charge is 0.00717 e. The molecule has 0 fully saturated rings. The first kappa shape index (κ1) is 13.4. The molecule has 0 rings (SSSR count).